The highest BCUT2D eigenvalue weighted by Gasteiger charge is 2.22. The number of hydrogen-bond acceptors (Lipinski definition) is 5. The van der Waals surface area contributed by atoms with Gasteiger partial charge < -0.3 is 14.7 Å². The van der Waals surface area contributed by atoms with Crippen LogP contribution in [-0.2, 0) is 4.79 Å². The normalized spacial score (nSPS) is 18.9. The second-order valence-corrected chi connectivity index (χ2v) is 6.03. The molecule has 0 saturated carbocycles. The van der Waals surface area contributed by atoms with Gasteiger partial charge in [-0.15, -0.1) is 0 Å². The molecule has 6 heteroatoms. The molecule has 3 rings (SSSR count). The zero-order valence-electron chi connectivity index (χ0n) is 13.4. The molecule has 22 heavy (non-hydrogen) atoms. The number of nitrogens with zero attached hydrogens (tertiary/aromatic N) is 5. The lowest BCUT2D eigenvalue weighted by atomic mass is 10.2. The first-order chi connectivity index (χ1) is 10.8. The van der Waals surface area contributed by atoms with Crippen LogP contribution in [0, 0.1) is 0 Å². The molecule has 0 spiro atoms. The van der Waals surface area contributed by atoms with Crippen molar-refractivity contribution in [3.63, 3.8) is 0 Å². The van der Waals surface area contributed by atoms with E-state index in [-0.39, 0.29) is 5.91 Å². The maximum absolute atomic E-state index is 11.9. The highest BCUT2D eigenvalue weighted by atomic mass is 16.2. The number of amides is 1. The average Bonchev–Trinajstić information content (AvgIpc) is 3.10. The molecule has 0 radical (unpaired) electrons. The fourth-order valence-corrected chi connectivity index (χ4v) is 3.14. The molecule has 1 aromatic rings. The van der Waals surface area contributed by atoms with Gasteiger partial charge >= 0.3 is 0 Å². The summed E-state index contributed by atoms with van der Waals surface area (Å²) in [6.45, 7) is 7.46. The summed E-state index contributed by atoms with van der Waals surface area (Å²) in [6.07, 6.45) is 5.89. The highest BCUT2D eigenvalue weighted by Crippen LogP contribution is 2.20. The fourth-order valence-electron chi connectivity index (χ4n) is 3.14. The highest BCUT2D eigenvalue weighted by molar-refractivity contribution is 5.76. The summed E-state index contributed by atoms with van der Waals surface area (Å²) >= 11 is 0. The van der Waals surface area contributed by atoms with Crippen LogP contribution in [0.3, 0.4) is 0 Å². The molecule has 0 aliphatic carbocycles. The molecule has 0 bridgehead atoms. The quantitative estimate of drug-likeness (QED) is 0.844. The summed E-state index contributed by atoms with van der Waals surface area (Å²) in [7, 11) is 0. The molecule has 2 aliphatic heterocycles. The number of piperazine rings is 1. The van der Waals surface area contributed by atoms with E-state index in [0.717, 1.165) is 57.5 Å². The van der Waals surface area contributed by atoms with Gasteiger partial charge in [0.05, 0.1) is 0 Å². The van der Waals surface area contributed by atoms with Crippen molar-refractivity contribution in [2.75, 3.05) is 49.1 Å². The van der Waals surface area contributed by atoms with Gasteiger partial charge in [-0.2, -0.15) is 4.98 Å². The van der Waals surface area contributed by atoms with E-state index in [4.69, 9.17) is 4.98 Å². The Morgan fingerprint density at radius 2 is 1.82 bits per heavy atom. The van der Waals surface area contributed by atoms with Gasteiger partial charge in [-0.05, 0) is 25.3 Å². The van der Waals surface area contributed by atoms with Crippen molar-refractivity contribution in [3.05, 3.63) is 12.3 Å². The number of carbonyl (C=O) groups is 1. The summed E-state index contributed by atoms with van der Waals surface area (Å²) in [4.78, 5) is 27.6. The SMILES string of the molecule is CCCC(=O)N1CCN(c2ccnc(N3CCCC3)n2)CC1. The van der Waals surface area contributed by atoms with Crippen molar-refractivity contribution in [1.82, 2.24) is 14.9 Å². The predicted octanol–water partition coefficient (Wildman–Crippen LogP) is 1.53. The Morgan fingerprint density at radius 3 is 2.50 bits per heavy atom. The summed E-state index contributed by atoms with van der Waals surface area (Å²) in [6, 6.07) is 1.98. The van der Waals surface area contributed by atoms with Gasteiger partial charge in [0.15, 0.2) is 0 Å². The third-order valence-electron chi connectivity index (χ3n) is 4.44. The predicted molar refractivity (Wildman–Crippen MR) is 87.2 cm³/mol. The maximum atomic E-state index is 11.9. The van der Waals surface area contributed by atoms with Crippen molar-refractivity contribution in [2.24, 2.45) is 0 Å². The Labute approximate surface area is 132 Å². The minimum absolute atomic E-state index is 0.280. The van der Waals surface area contributed by atoms with Gasteiger partial charge in [-0.1, -0.05) is 6.92 Å². The zero-order chi connectivity index (χ0) is 15.4. The first kappa shape index (κ1) is 15.1. The number of aromatic nitrogens is 2. The Bertz CT molecular complexity index is 507. The molecule has 0 aromatic carbocycles. The Morgan fingerprint density at radius 1 is 1.09 bits per heavy atom. The lowest BCUT2D eigenvalue weighted by Crippen LogP contribution is -2.49. The van der Waals surface area contributed by atoms with Crippen LogP contribution in [0.5, 0.6) is 0 Å². The van der Waals surface area contributed by atoms with E-state index in [1.54, 1.807) is 0 Å². The van der Waals surface area contributed by atoms with E-state index in [0.29, 0.717) is 6.42 Å². The van der Waals surface area contributed by atoms with Crippen LogP contribution < -0.4 is 9.80 Å². The lowest BCUT2D eigenvalue weighted by molar-refractivity contribution is -0.131. The minimum atomic E-state index is 0.280. The standard InChI is InChI=1S/C16H25N5O/c1-2-5-15(22)20-12-10-19(11-13-20)14-6-7-17-16(18-14)21-8-3-4-9-21/h6-7H,2-5,8-13H2,1H3. The molecule has 2 aliphatic rings. The van der Waals surface area contributed by atoms with Gasteiger partial charge in [-0.3, -0.25) is 4.79 Å². The van der Waals surface area contributed by atoms with Gasteiger partial charge in [0.25, 0.3) is 0 Å². The van der Waals surface area contributed by atoms with Gasteiger partial charge in [0.2, 0.25) is 11.9 Å². The maximum Gasteiger partial charge on any atom is 0.227 e. The van der Waals surface area contributed by atoms with Crippen molar-refractivity contribution < 1.29 is 4.79 Å². The van der Waals surface area contributed by atoms with Crippen LogP contribution >= 0.6 is 0 Å². The van der Waals surface area contributed by atoms with E-state index in [1.165, 1.54) is 12.8 Å². The number of hydrogen-bond donors (Lipinski definition) is 0. The summed E-state index contributed by atoms with van der Waals surface area (Å²) in [5.74, 6) is 2.11. The first-order valence-corrected chi connectivity index (χ1v) is 8.38. The topological polar surface area (TPSA) is 52.6 Å². The van der Waals surface area contributed by atoms with Crippen LogP contribution in [0.4, 0.5) is 11.8 Å². The Balaban J connectivity index is 1.61. The molecule has 1 aromatic heterocycles. The van der Waals surface area contributed by atoms with Gasteiger partial charge in [0.1, 0.15) is 5.82 Å². The molecule has 6 nitrogen and oxygen atoms in total. The second kappa shape index (κ2) is 6.94. The zero-order valence-corrected chi connectivity index (χ0v) is 13.4. The first-order valence-electron chi connectivity index (χ1n) is 8.38. The lowest BCUT2D eigenvalue weighted by Gasteiger charge is -2.35. The molecule has 1 amide bonds. The van der Waals surface area contributed by atoms with Gasteiger partial charge in [-0.25, -0.2) is 4.98 Å². The number of anilines is 2. The summed E-state index contributed by atoms with van der Waals surface area (Å²) in [5, 5.41) is 0. The van der Waals surface area contributed by atoms with Crippen LogP contribution in [0.15, 0.2) is 12.3 Å². The minimum Gasteiger partial charge on any atom is -0.353 e. The van der Waals surface area contributed by atoms with Crippen molar-refractivity contribution in [3.8, 4) is 0 Å². The molecule has 2 fully saturated rings. The molecule has 0 atom stereocenters. The third-order valence-corrected chi connectivity index (χ3v) is 4.44. The molecule has 120 valence electrons. The van der Waals surface area contributed by atoms with Crippen molar-refractivity contribution in [2.45, 2.75) is 32.6 Å². The third kappa shape index (κ3) is 3.31. The largest absolute Gasteiger partial charge is 0.353 e. The van der Waals surface area contributed by atoms with Crippen LogP contribution in [0.25, 0.3) is 0 Å². The number of rotatable bonds is 4. The molecule has 2 saturated heterocycles. The summed E-state index contributed by atoms with van der Waals surface area (Å²) < 4.78 is 0. The van der Waals surface area contributed by atoms with Crippen LogP contribution in [0.1, 0.15) is 32.6 Å². The summed E-state index contributed by atoms with van der Waals surface area (Å²) in [5.41, 5.74) is 0. The smallest absolute Gasteiger partial charge is 0.227 e. The second-order valence-electron chi connectivity index (χ2n) is 6.03. The molecule has 0 N–H and O–H groups in total. The van der Waals surface area contributed by atoms with E-state index in [2.05, 4.69) is 21.7 Å². The van der Waals surface area contributed by atoms with E-state index in [1.807, 2.05) is 17.2 Å². The van der Waals surface area contributed by atoms with Crippen molar-refractivity contribution in [1.29, 1.82) is 0 Å². The monoisotopic (exact) mass is 303 g/mol. The van der Waals surface area contributed by atoms with Crippen molar-refractivity contribution >= 4 is 17.7 Å². The van der Waals surface area contributed by atoms with Gasteiger partial charge in [0, 0.05) is 51.9 Å². The molecule has 0 unspecified atom stereocenters. The van der Waals surface area contributed by atoms with E-state index < -0.39 is 0 Å². The number of carbonyl (C=O) groups excluding carboxylic acids is 1. The van der Waals surface area contributed by atoms with Crippen LogP contribution in [-0.4, -0.2) is 60.0 Å². The molecular weight excluding hydrogens is 278 g/mol. The fraction of sp³-hybridized carbons (Fsp3) is 0.688. The molecule has 3 heterocycles. The van der Waals surface area contributed by atoms with E-state index >= 15 is 0 Å². The Kier molecular flexibility index (Phi) is 4.75. The van der Waals surface area contributed by atoms with E-state index in [9.17, 15) is 4.79 Å². The van der Waals surface area contributed by atoms with Crippen LogP contribution in [0.2, 0.25) is 0 Å². The Hall–Kier alpha value is -1.85. The average molecular weight is 303 g/mol. The molecular formula is C16H25N5O.